The van der Waals surface area contributed by atoms with Crippen LogP contribution in [-0.2, 0) is 6.42 Å². The summed E-state index contributed by atoms with van der Waals surface area (Å²) in [6.07, 6.45) is 2.36. The third-order valence-corrected chi connectivity index (χ3v) is 2.75. The van der Waals surface area contributed by atoms with Gasteiger partial charge in [-0.05, 0) is 51.9 Å². The van der Waals surface area contributed by atoms with E-state index in [1.165, 1.54) is 23.4 Å². The molecule has 1 aromatic heterocycles. The first-order chi connectivity index (χ1) is 7.13. The van der Waals surface area contributed by atoms with Crippen LogP contribution in [0.4, 0.5) is 0 Å². The fourth-order valence-corrected chi connectivity index (χ4v) is 1.91. The minimum absolute atomic E-state index is 0.749. The second-order valence-electron chi connectivity index (χ2n) is 4.30. The highest BCUT2D eigenvalue weighted by molar-refractivity contribution is 5.24. The van der Waals surface area contributed by atoms with Crippen molar-refractivity contribution in [3.63, 3.8) is 0 Å². The van der Waals surface area contributed by atoms with Crippen LogP contribution in [0.1, 0.15) is 23.4 Å². The van der Waals surface area contributed by atoms with E-state index in [0.29, 0.717) is 0 Å². The molecule has 0 saturated heterocycles. The first-order valence-electron chi connectivity index (χ1n) is 5.67. The van der Waals surface area contributed by atoms with Crippen molar-refractivity contribution in [2.75, 3.05) is 26.7 Å². The molecule has 0 saturated carbocycles. The van der Waals surface area contributed by atoms with E-state index < -0.39 is 0 Å². The molecule has 0 aromatic carbocycles. The van der Waals surface area contributed by atoms with Gasteiger partial charge in [0.05, 0.1) is 0 Å². The number of nitrogens with one attached hydrogen (secondary N) is 1. The number of likely N-dealkylation sites (N-methyl/N-ethyl adjacent to an activating group) is 1. The molecule has 0 spiro atoms. The number of aryl methyl sites for hydroxylation is 3. The molecule has 1 rings (SSSR count). The number of aromatic nitrogens is 1. The third kappa shape index (κ3) is 4.06. The minimum Gasteiger partial charge on any atom is -0.362 e. The molecule has 86 valence electrons. The summed E-state index contributed by atoms with van der Waals surface area (Å²) in [5, 5.41) is 0. The van der Waals surface area contributed by atoms with Crippen LogP contribution in [0, 0.1) is 13.8 Å². The molecule has 0 bridgehead atoms. The molecule has 0 aliphatic rings. The van der Waals surface area contributed by atoms with Gasteiger partial charge in [0.2, 0.25) is 0 Å². The topological polar surface area (TPSA) is 45.0 Å². The SMILES string of the molecule is Cc1cc(CCCN(C)CCN)c(C)[nH]1. The fraction of sp³-hybridized carbons (Fsp3) is 0.667. The lowest BCUT2D eigenvalue weighted by atomic mass is 10.1. The van der Waals surface area contributed by atoms with Gasteiger partial charge in [-0.15, -0.1) is 0 Å². The van der Waals surface area contributed by atoms with Crippen molar-refractivity contribution in [1.82, 2.24) is 9.88 Å². The van der Waals surface area contributed by atoms with Gasteiger partial charge >= 0.3 is 0 Å². The summed E-state index contributed by atoms with van der Waals surface area (Å²) < 4.78 is 0. The van der Waals surface area contributed by atoms with Crippen molar-refractivity contribution in [3.8, 4) is 0 Å². The molecule has 3 N–H and O–H groups in total. The molecule has 0 unspecified atom stereocenters. The summed E-state index contributed by atoms with van der Waals surface area (Å²) in [5.74, 6) is 0. The van der Waals surface area contributed by atoms with Crippen LogP contribution in [0.25, 0.3) is 0 Å². The largest absolute Gasteiger partial charge is 0.362 e. The second-order valence-corrected chi connectivity index (χ2v) is 4.30. The van der Waals surface area contributed by atoms with Crippen LogP contribution in [0.2, 0.25) is 0 Å². The van der Waals surface area contributed by atoms with Gasteiger partial charge < -0.3 is 15.6 Å². The maximum Gasteiger partial charge on any atom is 0.0150 e. The van der Waals surface area contributed by atoms with Crippen LogP contribution >= 0.6 is 0 Å². The third-order valence-electron chi connectivity index (χ3n) is 2.75. The van der Waals surface area contributed by atoms with Gasteiger partial charge in [0.25, 0.3) is 0 Å². The lowest BCUT2D eigenvalue weighted by Crippen LogP contribution is -2.26. The predicted molar refractivity (Wildman–Crippen MR) is 65.1 cm³/mol. The Bertz CT molecular complexity index is 291. The molecule has 3 heteroatoms. The van der Waals surface area contributed by atoms with Crippen molar-refractivity contribution < 1.29 is 0 Å². The average molecular weight is 209 g/mol. The van der Waals surface area contributed by atoms with Gasteiger partial charge in [-0.1, -0.05) is 0 Å². The van der Waals surface area contributed by atoms with Gasteiger partial charge in [0, 0.05) is 24.5 Å². The lowest BCUT2D eigenvalue weighted by molar-refractivity contribution is 0.338. The highest BCUT2D eigenvalue weighted by Crippen LogP contribution is 2.11. The Hall–Kier alpha value is -0.800. The van der Waals surface area contributed by atoms with Crippen molar-refractivity contribution in [3.05, 3.63) is 23.0 Å². The standard InChI is InChI=1S/C12H23N3/c1-10-9-12(11(2)14-10)5-4-7-15(3)8-6-13/h9,14H,4-8,13H2,1-3H3. The van der Waals surface area contributed by atoms with Gasteiger partial charge in [-0.3, -0.25) is 0 Å². The molecule has 1 heterocycles. The monoisotopic (exact) mass is 209 g/mol. The second kappa shape index (κ2) is 5.93. The molecule has 3 nitrogen and oxygen atoms in total. The summed E-state index contributed by atoms with van der Waals surface area (Å²) in [4.78, 5) is 5.62. The van der Waals surface area contributed by atoms with E-state index >= 15 is 0 Å². The van der Waals surface area contributed by atoms with E-state index in [2.05, 4.69) is 36.8 Å². The van der Waals surface area contributed by atoms with Gasteiger partial charge in [-0.2, -0.15) is 0 Å². The molecule has 0 fully saturated rings. The first-order valence-corrected chi connectivity index (χ1v) is 5.67. The highest BCUT2D eigenvalue weighted by Gasteiger charge is 2.02. The minimum atomic E-state index is 0.749. The first kappa shape index (κ1) is 12.3. The fourth-order valence-electron chi connectivity index (χ4n) is 1.91. The Kier molecular flexibility index (Phi) is 4.85. The van der Waals surface area contributed by atoms with Crippen molar-refractivity contribution in [2.24, 2.45) is 5.73 Å². The Labute approximate surface area is 92.7 Å². The maximum atomic E-state index is 5.49. The summed E-state index contributed by atoms with van der Waals surface area (Å²) in [6.45, 7) is 7.12. The zero-order valence-corrected chi connectivity index (χ0v) is 10.1. The number of nitrogens with zero attached hydrogens (tertiary/aromatic N) is 1. The highest BCUT2D eigenvalue weighted by atomic mass is 15.1. The molecule has 0 aliphatic carbocycles. The number of H-pyrrole nitrogens is 1. The number of hydrogen-bond acceptors (Lipinski definition) is 2. The van der Waals surface area contributed by atoms with Crippen molar-refractivity contribution in [1.29, 1.82) is 0 Å². The zero-order valence-electron chi connectivity index (χ0n) is 10.1. The maximum absolute atomic E-state index is 5.49. The molecule has 0 radical (unpaired) electrons. The Morgan fingerprint density at radius 3 is 2.60 bits per heavy atom. The van der Waals surface area contributed by atoms with Crippen LogP contribution in [0.15, 0.2) is 6.07 Å². The molecule has 0 aliphatic heterocycles. The number of nitrogens with two attached hydrogens (primary N) is 1. The van der Waals surface area contributed by atoms with Gasteiger partial charge in [0.1, 0.15) is 0 Å². The number of hydrogen-bond donors (Lipinski definition) is 2. The van der Waals surface area contributed by atoms with E-state index in [1.54, 1.807) is 0 Å². The predicted octanol–water partition coefficient (Wildman–Crippen LogP) is 1.45. The molecule has 1 aromatic rings. The molecule has 0 amide bonds. The van der Waals surface area contributed by atoms with E-state index in [4.69, 9.17) is 5.73 Å². The molecule has 15 heavy (non-hydrogen) atoms. The Morgan fingerprint density at radius 2 is 2.07 bits per heavy atom. The van der Waals surface area contributed by atoms with Crippen LogP contribution in [0.5, 0.6) is 0 Å². The summed E-state index contributed by atoms with van der Waals surface area (Å²) >= 11 is 0. The quantitative estimate of drug-likeness (QED) is 0.745. The Morgan fingerprint density at radius 1 is 1.33 bits per heavy atom. The smallest absolute Gasteiger partial charge is 0.0150 e. The van der Waals surface area contributed by atoms with Crippen molar-refractivity contribution in [2.45, 2.75) is 26.7 Å². The number of rotatable bonds is 6. The summed E-state index contributed by atoms with van der Waals surface area (Å²) in [6, 6.07) is 2.25. The molecular weight excluding hydrogens is 186 g/mol. The Balaban J connectivity index is 2.28. The summed E-state index contributed by atoms with van der Waals surface area (Å²) in [7, 11) is 2.13. The van der Waals surface area contributed by atoms with Crippen LogP contribution in [0.3, 0.4) is 0 Å². The zero-order chi connectivity index (χ0) is 11.3. The summed E-state index contributed by atoms with van der Waals surface area (Å²) in [5.41, 5.74) is 9.52. The molecular formula is C12H23N3. The lowest BCUT2D eigenvalue weighted by Gasteiger charge is -2.14. The normalized spacial score (nSPS) is 11.3. The van der Waals surface area contributed by atoms with Crippen LogP contribution < -0.4 is 5.73 Å². The van der Waals surface area contributed by atoms with Crippen LogP contribution in [-0.4, -0.2) is 36.6 Å². The average Bonchev–Trinajstić information content (AvgIpc) is 2.46. The van der Waals surface area contributed by atoms with E-state index in [-0.39, 0.29) is 0 Å². The van der Waals surface area contributed by atoms with E-state index in [0.717, 1.165) is 26.1 Å². The number of aromatic amines is 1. The van der Waals surface area contributed by atoms with E-state index in [9.17, 15) is 0 Å². The van der Waals surface area contributed by atoms with Crippen molar-refractivity contribution >= 4 is 0 Å². The van der Waals surface area contributed by atoms with Gasteiger partial charge in [-0.25, -0.2) is 0 Å². The van der Waals surface area contributed by atoms with Gasteiger partial charge in [0.15, 0.2) is 0 Å². The van der Waals surface area contributed by atoms with E-state index in [1.807, 2.05) is 0 Å². The molecule has 0 atom stereocenters.